The summed E-state index contributed by atoms with van der Waals surface area (Å²) < 4.78 is 26.4. The average Bonchev–Trinajstić information content (AvgIpc) is 2.55. The molecule has 24 heavy (non-hydrogen) atoms. The second kappa shape index (κ2) is 7.68. The highest BCUT2D eigenvalue weighted by Crippen LogP contribution is 2.19. The van der Waals surface area contributed by atoms with Gasteiger partial charge < -0.3 is 10.2 Å². The van der Waals surface area contributed by atoms with Crippen LogP contribution in [0.2, 0.25) is 0 Å². The molecule has 4 nitrogen and oxygen atoms in total. The minimum Gasteiger partial charge on any atom is -0.362 e. The first-order chi connectivity index (χ1) is 11.4. The number of nitrogens with one attached hydrogen (secondary N) is 1. The third-order valence-electron chi connectivity index (χ3n) is 3.56. The number of hydrogen-bond acceptors (Lipinski definition) is 3. The van der Waals surface area contributed by atoms with Gasteiger partial charge in [-0.3, -0.25) is 9.59 Å². The Morgan fingerprint density at radius 2 is 1.79 bits per heavy atom. The van der Waals surface area contributed by atoms with Crippen LogP contribution in [0.5, 0.6) is 0 Å². The Labute approximate surface area is 139 Å². The van der Waals surface area contributed by atoms with Crippen molar-refractivity contribution < 1.29 is 18.4 Å². The lowest BCUT2D eigenvalue weighted by Crippen LogP contribution is -2.33. The summed E-state index contributed by atoms with van der Waals surface area (Å²) in [4.78, 5) is 25.4. The monoisotopic (exact) mass is 332 g/mol. The number of halogens is 2. The molecule has 0 aliphatic rings. The summed E-state index contributed by atoms with van der Waals surface area (Å²) in [6.07, 6.45) is 0. The Bertz CT molecular complexity index is 762. The van der Waals surface area contributed by atoms with Crippen LogP contribution in [0.4, 0.5) is 20.2 Å². The SMILES string of the molecule is CCN(CC(=O)Nc1ccccc1C(C)=O)c1ccc(F)c(F)c1. The fourth-order valence-corrected chi connectivity index (χ4v) is 2.33. The molecule has 2 rings (SSSR count). The summed E-state index contributed by atoms with van der Waals surface area (Å²) >= 11 is 0. The molecule has 0 heterocycles. The number of hydrogen-bond donors (Lipinski definition) is 1. The highest BCUT2D eigenvalue weighted by molar-refractivity contribution is 6.04. The topological polar surface area (TPSA) is 49.4 Å². The third-order valence-corrected chi connectivity index (χ3v) is 3.56. The van der Waals surface area contributed by atoms with Crippen LogP contribution in [0.25, 0.3) is 0 Å². The number of ketones is 1. The fraction of sp³-hybridized carbons (Fsp3) is 0.222. The van der Waals surface area contributed by atoms with E-state index >= 15 is 0 Å². The zero-order valence-corrected chi connectivity index (χ0v) is 13.5. The van der Waals surface area contributed by atoms with E-state index in [-0.39, 0.29) is 18.2 Å². The van der Waals surface area contributed by atoms with Crippen molar-refractivity contribution in [1.29, 1.82) is 0 Å². The van der Waals surface area contributed by atoms with Gasteiger partial charge in [-0.25, -0.2) is 8.78 Å². The zero-order valence-electron chi connectivity index (χ0n) is 13.5. The first-order valence-corrected chi connectivity index (χ1v) is 7.52. The quantitative estimate of drug-likeness (QED) is 0.822. The highest BCUT2D eigenvalue weighted by Gasteiger charge is 2.14. The minimum atomic E-state index is -0.965. The molecule has 126 valence electrons. The van der Waals surface area contributed by atoms with Gasteiger partial charge in [0.15, 0.2) is 17.4 Å². The van der Waals surface area contributed by atoms with Gasteiger partial charge in [-0.2, -0.15) is 0 Å². The molecular weight excluding hydrogens is 314 g/mol. The molecule has 0 spiro atoms. The van der Waals surface area contributed by atoms with Crippen molar-refractivity contribution in [1.82, 2.24) is 0 Å². The summed E-state index contributed by atoms with van der Waals surface area (Å²) in [6.45, 7) is 3.61. The smallest absolute Gasteiger partial charge is 0.243 e. The second-order valence-electron chi connectivity index (χ2n) is 5.26. The first-order valence-electron chi connectivity index (χ1n) is 7.52. The Kier molecular flexibility index (Phi) is 5.63. The standard InChI is InChI=1S/C18H18F2N2O2/c1-3-22(13-8-9-15(19)16(20)10-13)11-18(24)21-17-7-5-4-6-14(17)12(2)23/h4-10H,3,11H2,1-2H3,(H,21,24). The van der Waals surface area contributed by atoms with E-state index in [4.69, 9.17) is 0 Å². The number of para-hydroxylation sites is 1. The summed E-state index contributed by atoms with van der Waals surface area (Å²) in [6, 6.07) is 10.2. The van der Waals surface area contributed by atoms with E-state index in [0.29, 0.717) is 23.5 Å². The van der Waals surface area contributed by atoms with Gasteiger partial charge in [0, 0.05) is 23.9 Å². The molecule has 0 atom stereocenters. The van der Waals surface area contributed by atoms with Crippen LogP contribution in [0.3, 0.4) is 0 Å². The van der Waals surface area contributed by atoms with Gasteiger partial charge in [-0.15, -0.1) is 0 Å². The molecule has 0 aliphatic carbocycles. The van der Waals surface area contributed by atoms with Crippen molar-refractivity contribution in [3.8, 4) is 0 Å². The molecule has 0 unspecified atom stereocenters. The molecule has 0 saturated carbocycles. The number of rotatable bonds is 6. The number of carbonyl (C=O) groups excluding carboxylic acids is 2. The Balaban J connectivity index is 2.13. The zero-order chi connectivity index (χ0) is 17.7. The van der Waals surface area contributed by atoms with E-state index in [9.17, 15) is 18.4 Å². The predicted octanol–water partition coefficient (Wildman–Crippen LogP) is 3.63. The summed E-state index contributed by atoms with van der Waals surface area (Å²) in [5, 5.41) is 2.68. The summed E-state index contributed by atoms with van der Waals surface area (Å²) in [5.41, 5.74) is 1.25. The Hall–Kier alpha value is -2.76. The Morgan fingerprint density at radius 1 is 1.08 bits per heavy atom. The first kappa shape index (κ1) is 17.6. The second-order valence-corrected chi connectivity index (χ2v) is 5.26. The van der Waals surface area contributed by atoms with Gasteiger partial charge in [0.05, 0.1) is 12.2 Å². The molecule has 0 saturated heterocycles. The van der Waals surface area contributed by atoms with Crippen LogP contribution in [0.15, 0.2) is 42.5 Å². The van der Waals surface area contributed by atoms with E-state index in [1.165, 1.54) is 13.0 Å². The van der Waals surface area contributed by atoms with Gasteiger partial charge in [-0.05, 0) is 38.1 Å². The van der Waals surface area contributed by atoms with Crippen molar-refractivity contribution in [3.05, 3.63) is 59.7 Å². The van der Waals surface area contributed by atoms with Crippen molar-refractivity contribution in [2.75, 3.05) is 23.3 Å². The molecule has 0 aromatic heterocycles. The predicted molar refractivity (Wildman–Crippen MR) is 89.3 cm³/mol. The molecule has 2 aromatic carbocycles. The van der Waals surface area contributed by atoms with Crippen LogP contribution in [0.1, 0.15) is 24.2 Å². The lowest BCUT2D eigenvalue weighted by molar-refractivity contribution is -0.115. The van der Waals surface area contributed by atoms with Crippen LogP contribution < -0.4 is 10.2 Å². The van der Waals surface area contributed by atoms with Gasteiger partial charge in [0.2, 0.25) is 5.91 Å². The third kappa shape index (κ3) is 4.16. The van der Waals surface area contributed by atoms with E-state index in [2.05, 4.69) is 5.32 Å². The molecule has 0 radical (unpaired) electrons. The number of carbonyl (C=O) groups is 2. The highest BCUT2D eigenvalue weighted by atomic mass is 19.2. The van der Waals surface area contributed by atoms with Crippen molar-refractivity contribution in [2.45, 2.75) is 13.8 Å². The fourth-order valence-electron chi connectivity index (χ4n) is 2.33. The van der Waals surface area contributed by atoms with Gasteiger partial charge in [-0.1, -0.05) is 12.1 Å². The van der Waals surface area contributed by atoms with E-state index in [1.54, 1.807) is 36.1 Å². The van der Waals surface area contributed by atoms with E-state index in [0.717, 1.165) is 12.1 Å². The Morgan fingerprint density at radius 3 is 2.42 bits per heavy atom. The molecular formula is C18H18F2N2O2. The van der Waals surface area contributed by atoms with Crippen LogP contribution in [0, 0.1) is 11.6 Å². The summed E-state index contributed by atoms with van der Waals surface area (Å²) in [5.74, 6) is -2.41. The van der Waals surface area contributed by atoms with Crippen LogP contribution >= 0.6 is 0 Å². The van der Waals surface area contributed by atoms with Crippen LogP contribution in [-0.4, -0.2) is 24.8 Å². The number of anilines is 2. The molecule has 1 amide bonds. The lowest BCUT2D eigenvalue weighted by atomic mass is 10.1. The average molecular weight is 332 g/mol. The number of likely N-dealkylation sites (N-methyl/N-ethyl adjacent to an activating group) is 1. The largest absolute Gasteiger partial charge is 0.362 e. The summed E-state index contributed by atoms with van der Waals surface area (Å²) in [7, 11) is 0. The number of nitrogens with zero attached hydrogens (tertiary/aromatic N) is 1. The number of benzene rings is 2. The van der Waals surface area contributed by atoms with Gasteiger partial charge in [0.25, 0.3) is 0 Å². The molecule has 1 N–H and O–H groups in total. The van der Waals surface area contributed by atoms with Crippen molar-refractivity contribution in [2.24, 2.45) is 0 Å². The minimum absolute atomic E-state index is 0.0478. The maximum atomic E-state index is 13.4. The van der Waals surface area contributed by atoms with Crippen molar-refractivity contribution in [3.63, 3.8) is 0 Å². The molecule has 0 aliphatic heterocycles. The maximum absolute atomic E-state index is 13.4. The number of amides is 1. The van der Waals surface area contributed by atoms with E-state index < -0.39 is 11.6 Å². The van der Waals surface area contributed by atoms with Gasteiger partial charge in [0.1, 0.15) is 0 Å². The lowest BCUT2D eigenvalue weighted by Gasteiger charge is -2.23. The maximum Gasteiger partial charge on any atom is 0.243 e. The normalized spacial score (nSPS) is 10.3. The molecule has 0 fully saturated rings. The van der Waals surface area contributed by atoms with Crippen LogP contribution in [-0.2, 0) is 4.79 Å². The molecule has 2 aromatic rings. The van der Waals surface area contributed by atoms with Gasteiger partial charge >= 0.3 is 0 Å². The van der Waals surface area contributed by atoms with E-state index in [1.807, 2.05) is 0 Å². The molecule has 0 bridgehead atoms. The molecule has 6 heteroatoms. The van der Waals surface area contributed by atoms with Crippen molar-refractivity contribution >= 4 is 23.1 Å². The number of Topliss-reactive ketones (excluding diaryl/α,β-unsaturated/α-hetero) is 1.